The van der Waals surface area contributed by atoms with Gasteiger partial charge in [0.25, 0.3) is 0 Å². The zero-order chi connectivity index (χ0) is 13.1. The van der Waals surface area contributed by atoms with Gasteiger partial charge in [0, 0.05) is 0 Å². The van der Waals surface area contributed by atoms with Gasteiger partial charge in [0.2, 0.25) is 11.8 Å². The first-order valence-electron chi connectivity index (χ1n) is 5.82. The summed E-state index contributed by atoms with van der Waals surface area (Å²) in [6.07, 6.45) is 1.68. The van der Waals surface area contributed by atoms with Crippen LogP contribution in [0, 0.1) is 6.92 Å². The fourth-order valence-electron chi connectivity index (χ4n) is 1.68. The maximum absolute atomic E-state index is 5.38. The highest BCUT2D eigenvalue weighted by atomic mass is 16.4. The van der Waals surface area contributed by atoms with E-state index in [9.17, 15) is 0 Å². The second-order valence-electron chi connectivity index (χ2n) is 3.97. The van der Waals surface area contributed by atoms with Crippen molar-refractivity contribution in [2.45, 2.75) is 13.5 Å². The lowest BCUT2D eigenvalue weighted by Gasteiger charge is -2.04. The molecule has 2 heterocycles. The van der Waals surface area contributed by atoms with Crippen molar-refractivity contribution in [2.24, 2.45) is 0 Å². The van der Waals surface area contributed by atoms with E-state index in [4.69, 9.17) is 4.42 Å². The summed E-state index contributed by atoms with van der Waals surface area (Å²) >= 11 is 0. The summed E-state index contributed by atoms with van der Waals surface area (Å²) in [5.74, 6) is 1.92. The van der Waals surface area contributed by atoms with Crippen LogP contribution in [0.4, 0.5) is 5.95 Å². The van der Waals surface area contributed by atoms with Gasteiger partial charge in [-0.15, -0.1) is 0 Å². The molecule has 1 N–H and O–H groups in total. The monoisotopic (exact) mass is 256 g/mol. The molecule has 0 aliphatic heterocycles. The number of rotatable bonds is 4. The van der Waals surface area contributed by atoms with Gasteiger partial charge in [0.15, 0.2) is 0 Å². The Labute approximate surface area is 109 Å². The van der Waals surface area contributed by atoms with Gasteiger partial charge < -0.3 is 9.73 Å². The van der Waals surface area contributed by atoms with Crippen molar-refractivity contribution < 1.29 is 4.42 Å². The summed E-state index contributed by atoms with van der Waals surface area (Å²) in [7, 11) is 0. The van der Waals surface area contributed by atoms with E-state index in [1.54, 1.807) is 10.9 Å². The third-order valence-corrected chi connectivity index (χ3v) is 2.54. The predicted molar refractivity (Wildman–Crippen MR) is 67.7 cm³/mol. The van der Waals surface area contributed by atoms with E-state index in [1.165, 1.54) is 0 Å². The molecule has 2 aromatic heterocycles. The van der Waals surface area contributed by atoms with Gasteiger partial charge in [0.1, 0.15) is 5.76 Å². The fraction of sp³-hybridized carbons (Fsp3) is 0.167. The van der Waals surface area contributed by atoms with Gasteiger partial charge in [-0.1, -0.05) is 23.3 Å². The zero-order valence-electron chi connectivity index (χ0n) is 10.3. The summed E-state index contributed by atoms with van der Waals surface area (Å²) in [5, 5.41) is 14.6. The van der Waals surface area contributed by atoms with Crippen LogP contribution in [0.1, 0.15) is 11.7 Å². The number of oxazole rings is 1. The molecule has 0 unspecified atom stereocenters. The van der Waals surface area contributed by atoms with Gasteiger partial charge in [-0.25, -0.2) is 4.98 Å². The van der Waals surface area contributed by atoms with Gasteiger partial charge in [0.05, 0.1) is 18.4 Å². The van der Waals surface area contributed by atoms with Crippen LogP contribution in [-0.2, 0) is 6.54 Å². The summed E-state index contributed by atoms with van der Waals surface area (Å²) < 4.78 is 7.00. The summed E-state index contributed by atoms with van der Waals surface area (Å²) in [4.78, 5) is 4.11. The molecule has 0 radical (unpaired) electrons. The third-order valence-electron chi connectivity index (χ3n) is 2.54. The van der Waals surface area contributed by atoms with E-state index in [0.29, 0.717) is 18.4 Å². The normalized spacial score (nSPS) is 10.6. The van der Waals surface area contributed by atoms with Crippen molar-refractivity contribution >= 4 is 5.95 Å². The first kappa shape index (κ1) is 11.4. The Balaban J connectivity index is 1.77. The van der Waals surface area contributed by atoms with Gasteiger partial charge in [-0.05, 0) is 29.5 Å². The molecule has 0 atom stereocenters. The van der Waals surface area contributed by atoms with Crippen molar-refractivity contribution in [3.05, 3.63) is 48.2 Å². The number of hydrogen-bond acceptors (Lipinski definition) is 6. The number of anilines is 1. The number of aryl methyl sites for hydroxylation is 1. The lowest BCUT2D eigenvalue weighted by Crippen LogP contribution is -2.07. The van der Waals surface area contributed by atoms with E-state index < -0.39 is 0 Å². The lowest BCUT2D eigenvalue weighted by atomic mass is 10.3. The minimum absolute atomic E-state index is 0.432. The van der Waals surface area contributed by atoms with Crippen molar-refractivity contribution in [2.75, 3.05) is 5.32 Å². The standard InChI is InChI=1S/C12H12N6O/c1-9-7-13-11(19-9)8-14-12-15-16-17-18(12)10-5-3-2-4-6-10/h2-7H,8H2,1H3,(H,14,15,17). The van der Waals surface area contributed by atoms with Crippen LogP contribution in [0.2, 0.25) is 0 Å². The van der Waals surface area contributed by atoms with E-state index in [2.05, 4.69) is 25.8 Å². The Morgan fingerprint density at radius 2 is 2.11 bits per heavy atom. The van der Waals surface area contributed by atoms with Crippen LogP contribution in [0.5, 0.6) is 0 Å². The Bertz CT molecular complexity index is 660. The molecule has 0 aliphatic rings. The van der Waals surface area contributed by atoms with Crippen LogP contribution < -0.4 is 5.32 Å². The molecule has 3 rings (SSSR count). The number of aromatic nitrogens is 5. The molecule has 0 amide bonds. The van der Waals surface area contributed by atoms with Gasteiger partial charge >= 0.3 is 0 Å². The highest BCUT2D eigenvalue weighted by Gasteiger charge is 2.08. The maximum Gasteiger partial charge on any atom is 0.248 e. The van der Waals surface area contributed by atoms with Crippen LogP contribution in [-0.4, -0.2) is 25.2 Å². The quantitative estimate of drug-likeness (QED) is 0.763. The second kappa shape index (κ2) is 4.89. The highest BCUT2D eigenvalue weighted by molar-refractivity contribution is 5.38. The number of tetrazole rings is 1. The van der Waals surface area contributed by atoms with E-state index in [0.717, 1.165) is 11.4 Å². The molecule has 0 aliphatic carbocycles. The van der Waals surface area contributed by atoms with Crippen molar-refractivity contribution in [3.63, 3.8) is 0 Å². The smallest absolute Gasteiger partial charge is 0.248 e. The topological polar surface area (TPSA) is 81.7 Å². The average Bonchev–Trinajstić information content (AvgIpc) is 3.06. The van der Waals surface area contributed by atoms with E-state index >= 15 is 0 Å². The van der Waals surface area contributed by atoms with Crippen LogP contribution in [0.15, 0.2) is 40.9 Å². The molecule has 0 saturated carbocycles. The number of para-hydroxylation sites is 1. The largest absolute Gasteiger partial charge is 0.444 e. The maximum atomic E-state index is 5.38. The molecular weight excluding hydrogens is 244 g/mol. The molecular formula is C12H12N6O. The van der Waals surface area contributed by atoms with Crippen LogP contribution in [0.3, 0.4) is 0 Å². The van der Waals surface area contributed by atoms with Gasteiger partial charge in [-0.3, -0.25) is 0 Å². The molecule has 0 bridgehead atoms. The summed E-state index contributed by atoms with van der Waals surface area (Å²) in [6, 6.07) is 9.65. The minimum atomic E-state index is 0.432. The van der Waals surface area contributed by atoms with Crippen molar-refractivity contribution in [1.29, 1.82) is 0 Å². The number of benzene rings is 1. The second-order valence-corrected chi connectivity index (χ2v) is 3.97. The molecule has 0 fully saturated rings. The molecule has 96 valence electrons. The minimum Gasteiger partial charge on any atom is -0.444 e. The Morgan fingerprint density at radius 1 is 1.26 bits per heavy atom. The summed E-state index contributed by atoms with van der Waals surface area (Å²) in [6.45, 7) is 2.28. The number of nitrogens with one attached hydrogen (secondary N) is 1. The SMILES string of the molecule is Cc1cnc(CNc2nnnn2-c2ccccc2)o1. The first-order chi connectivity index (χ1) is 9.33. The van der Waals surface area contributed by atoms with Gasteiger partial charge in [-0.2, -0.15) is 4.68 Å². The van der Waals surface area contributed by atoms with E-state index in [-0.39, 0.29) is 0 Å². The third kappa shape index (κ3) is 2.44. The zero-order valence-corrected chi connectivity index (χ0v) is 10.3. The molecule has 1 aromatic carbocycles. The predicted octanol–water partition coefficient (Wildman–Crippen LogP) is 1.57. The molecule has 3 aromatic rings. The molecule has 0 spiro atoms. The summed E-state index contributed by atoms with van der Waals surface area (Å²) in [5.41, 5.74) is 0.888. The fourth-order valence-corrected chi connectivity index (χ4v) is 1.68. The van der Waals surface area contributed by atoms with Crippen LogP contribution in [0.25, 0.3) is 5.69 Å². The Morgan fingerprint density at radius 3 is 2.84 bits per heavy atom. The average molecular weight is 256 g/mol. The highest BCUT2D eigenvalue weighted by Crippen LogP contribution is 2.11. The number of nitrogens with zero attached hydrogens (tertiary/aromatic N) is 5. The first-order valence-corrected chi connectivity index (χ1v) is 5.82. The van der Waals surface area contributed by atoms with Crippen molar-refractivity contribution in [1.82, 2.24) is 25.2 Å². The molecule has 19 heavy (non-hydrogen) atoms. The lowest BCUT2D eigenvalue weighted by molar-refractivity contribution is 0.478. The molecule has 0 saturated heterocycles. The molecule has 7 nitrogen and oxygen atoms in total. The Kier molecular flexibility index (Phi) is 2.93. The Hall–Kier alpha value is -2.70. The number of hydrogen-bond donors (Lipinski definition) is 1. The van der Waals surface area contributed by atoms with Crippen molar-refractivity contribution in [3.8, 4) is 5.69 Å². The van der Waals surface area contributed by atoms with E-state index in [1.807, 2.05) is 37.3 Å². The van der Waals surface area contributed by atoms with Crippen LogP contribution >= 0.6 is 0 Å². The molecule has 7 heteroatoms.